The Balaban J connectivity index is 2.42. The Labute approximate surface area is 116 Å². The monoisotopic (exact) mass is 278 g/mol. The highest BCUT2D eigenvalue weighted by molar-refractivity contribution is 6.04. The first kappa shape index (κ1) is 14.2. The number of aromatic nitrogens is 4. The van der Waals surface area contributed by atoms with Crippen molar-refractivity contribution in [3.8, 4) is 0 Å². The summed E-state index contributed by atoms with van der Waals surface area (Å²) in [4.78, 5) is 16.2. The molecule has 108 valence electrons. The quantitative estimate of drug-likeness (QED) is 0.370. The van der Waals surface area contributed by atoms with Gasteiger partial charge in [0.05, 0.1) is 6.61 Å². The van der Waals surface area contributed by atoms with E-state index in [-0.39, 0.29) is 0 Å². The summed E-state index contributed by atoms with van der Waals surface area (Å²) in [7, 11) is 3.36. The van der Waals surface area contributed by atoms with Gasteiger partial charge in [-0.3, -0.25) is 5.01 Å². The van der Waals surface area contributed by atoms with E-state index < -0.39 is 5.97 Å². The molecule has 0 aromatic carbocycles. The third kappa shape index (κ3) is 2.55. The van der Waals surface area contributed by atoms with Crippen molar-refractivity contribution in [1.82, 2.24) is 20.0 Å². The average Bonchev–Trinajstić information content (AvgIpc) is 2.80. The Morgan fingerprint density at radius 3 is 2.95 bits per heavy atom. The van der Waals surface area contributed by atoms with Gasteiger partial charge in [-0.15, -0.1) is 5.10 Å². The summed E-state index contributed by atoms with van der Waals surface area (Å²) in [5, 5.41) is 9.25. The number of carbonyl (C=O) groups excluding carboxylic acids is 1. The number of ether oxygens (including phenoxy) is 1. The van der Waals surface area contributed by atoms with Gasteiger partial charge >= 0.3 is 5.97 Å². The number of aryl methyl sites for hydroxylation is 1. The second-order valence-electron chi connectivity index (χ2n) is 4.51. The molecule has 2 heterocycles. The van der Waals surface area contributed by atoms with Crippen molar-refractivity contribution in [2.75, 3.05) is 18.7 Å². The first-order valence-electron chi connectivity index (χ1n) is 6.40. The molecule has 8 nitrogen and oxygen atoms in total. The maximum absolute atomic E-state index is 12.1. The number of fused-ring (bicyclic) bond motifs is 1. The van der Waals surface area contributed by atoms with E-state index in [1.54, 1.807) is 14.1 Å². The number of esters is 1. The highest BCUT2D eigenvalue weighted by Gasteiger charge is 2.20. The zero-order valence-electron chi connectivity index (χ0n) is 11.8. The number of nitrogens with two attached hydrogens (primary N) is 1. The molecule has 0 amide bonds. The fourth-order valence-electron chi connectivity index (χ4n) is 1.85. The molecular formula is C12H18N6O2. The average molecular weight is 278 g/mol. The summed E-state index contributed by atoms with van der Waals surface area (Å²) >= 11 is 0. The minimum atomic E-state index is -0.424. The number of hydrazine groups is 1. The van der Waals surface area contributed by atoms with E-state index in [4.69, 9.17) is 10.6 Å². The van der Waals surface area contributed by atoms with Gasteiger partial charge in [-0.2, -0.15) is 0 Å². The Morgan fingerprint density at radius 2 is 2.30 bits per heavy atom. The van der Waals surface area contributed by atoms with Crippen LogP contribution in [0.2, 0.25) is 0 Å². The van der Waals surface area contributed by atoms with E-state index in [9.17, 15) is 4.79 Å². The van der Waals surface area contributed by atoms with Gasteiger partial charge in [-0.25, -0.2) is 20.3 Å². The largest absolute Gasteiger partial charge is 0.462 e. The van der Waals surface area contributed by atoms with Crippen molar-refractivity contribution < 1.29 is 9.53 Å². The van der Waals surface area contributed by atoms with Gasteiger partial charge in [-0.05, 0) is 6.42 Å². The maximum Gasteiger partial charge on any atom is 0.341 e. The minimum absolute atomic E-state index is 0.342. The van der Waals surface area contributed by atoms with Crippen LogP contribution in [0.4, 0.5) is 5.82 Å². The lowest BCUT2D eigenvalue weighted by Crippen LogP contribution is -2.26. The Kier molecular flexibility index (Phi) is 4.14. The Hall–Kier alpha value is -2.22. The Morgan fingerprint density at radius 1 is 1.55 bits per heavy atom. The van der Waals surface area contributed by atoms with Crippen LogP contribution < -0.4 is 10.9 Å². The molecule has 0 radical (unpaired) electrons. The number of unbranched alkanes of at least 4 members (excludes halogenated alkanes) is 1. The van der Waals surface area contributed by atoms with Crippen LogP contribution >= 0.6 is 0 Å². The first-order valence-corrected chi connectivity index (χ1v) is 6.40. The predicted octanol–water partition coefficient (Wildman–Crippen LogP) is 0.630. The molecule has 2 aromatic heterocycles. The number of carbonyl (C=O) groups is 1. The van der Waals surface area contributed by atoms with Crippen molar-refractivity contribution in [3.05, 3.63) is 11.8 Å². The molecule has 0 atom stereocenters. The van der Waals surface area contributed by atoms with Gasteiger partial charge in [0.2, 0.25) is 0 Å². The van der Waals surface area contributed by atoms with E-state index in [2.05, 4.69) is 15.3 Å². The maximum atomic E-state index is 12.1. The van der Waals surface area contributed by atoms with Gasteiger partial charge < -0.3 is 4.74 Å². The van der Waals surface area contributed by atoms with Gasteiger partial charge in [0, 0.05) is 20.3 Å². The summed E-state index contributed by atoms with van der Waals surface area (Å²) < 4.78 is 6.72. The standard InChI is InChI=1S/C12H18N6O2/c1-4-5-6-20-12(19)8-7-14-11(17(2)13)9-10(8)18(3)16-15-9/h7H,4-6,13H2,1-3H3. The lowest BCUT2D eigenvalue weighted by Gasteiger charge is -2.12. The van der Waals surface area contributed by atoms with Crippen molar-refractivity contribution in [1.29, 1.82) is 0 Å². The highest BCUT2D eigenvalue weighted by atomic mass is 16.5. The van der Waals surface area contributed by atoms with E-state index in [0.29, 0.717) is 29.0 Å². The first-order chi connectivity index (χ1) is 9.56. The molecule has 0 aliphatic carbocycles. The van der Waals surface area contributed by atoms with E-state index >= 15 is 0 Å². The SMILES string of the molecule is CCCCOC(=O)c1cnc(N(C)N)c2nnn(C)c12. The third-order valence-corrected chi connectivity index (χ3v) is 2.89. The molecule has 0 spiro atoms. The molecule has 0 aliphatic heterocycles. The lowest BCUT2D eigenvalue weighted by molar-refractivity contribution is 0.0501. The lowest BCUT2D eigenvalue weighted by atomic mass is 10.2. The van der Waals surface area contributed by atoms with Crippen LogP contribution in [0, 0.1) is 0 Å². The van der Waals surface area contributed by atoms with Crippen molar-refractivity contribution in [3.63, 3.8) is 0 Å². The van der Waals surface area contributed by atoms with Gasteiger partial charge in [0.25, 0.3) is 0 Å². The van der Waals surface area contributed by atoms with E-state index in [0.717, 1.165) is 12.8 Å². The zero-order valence-corrected chi connectivity index (χ0v) is 11.8. The number of hydrogen-bond acceptors (Lipinski definition) is 7. The summed E-state index contributed by atoms with van der Waals surface area (Å²) in [5.74, 6) is 5.72. The molecule has 0 saturated carbocycles. The molecular weight excluding hydrogens is 260 g/mol. The molecule has 0 saturated heterocycles. The second-order valence-corrected chi connectivity index (χ2v) is 4.51. The fourth-order valence-corrected chi connectivity index (χ4v) is 1.85. The molecule has 20 heavy (non-hydrogen) atoms. The van der Waals surface area contributed by atoms with Gasteiger partial charge in [-0.1, -0.05) is 18.6 Å². The third-order valence-electron chi connectivity index (χ3n) is 2.89. The molecule has 8 heteroatoms. The predicted molar refractivity (Wildman–Crippen MR) is 74.1 cm³/mol. The van der Waals surface area contributed by atoms with Crippen LogP contribution in [0.25, 0.3) is 11.0 Å². The highest BCUT2D eigenvalue weighted by Crippen LogP contribution is 2.23. The van der Waals surface area contributed by atoms with Crippen molar-refractivity contribution in [2.24, 2.45) is 12.9 Å². The van der Waals surface area contributed by atoms with Crippen LogP contribution in [0.1, 0.15) is 30.1 Å². The zero-order chi connectivity index (χ0) is 14.7. The van der Waals surface area contributed by atoms with Crippen LogP contribution in [0.3, 0.4) is 0 Å². The molecule has 2 rings (SSSR count). The minimum Gasteiger partial charge on any atom is -0.462 e. The number of hydrogen-bond donors (Lipinski definition) is 1. The van der Waals surface area contributed by atoms with Gasteiger partial charge in [0.1, 0.15) is 11.1 Å². The normalized spacial score (nSPS) is 10.8. The molecule has 2 aromatic rings. The van der Waals surface area contributed by atoms with E-state index in [1.165, 1.54) is 15.9 Å². The summed E-state index contributed by atoms with van der Waals surface area (Å²) in [6, 6.07) is 0. The van der Waals surface area contributed by atoms with Crippen LogP contribution in [0.5, 0.6) is 0 Å². The molecule has 0 aliphatic rings. The number of anilines is 1. The smallest absolute Gasteiger partial charge is 0.341 e. The van der Waals surface area contributed by atoms with Crippen LogP contribution in [-0.2, 0) is 11.8 Å². The topological polar surface area (TPSA) is 99.2 Å². The van der Waals surface area contributed by atoms with Crippen LogP contribution in [-0.4, -0.2) is 39.6 Å². The fraction of sp³-hybridized carbons (Fsp3) is 0.500. The molecule has 0 fully saturated rings. The van der Waals surface area contributed by atoms with Crippen LogP contribution in [0.15, 0.2) is 6.20 Å². The van der Waals surface area contributed by atoms with E-state index in [1.807, 2.05) is 6.92 Å². The molecule has 0 unspecified atom stereocenters. The molecule has 0 bridgehead atoms. The Bertz CT molecular complexity index is 622. The number of pyridine rings is 1. The van der Waals surface area contributed by atoms with Crippen molar-refractivity contribution in [2.45, 2.75) is 19.8 Å². The second kappa shape index (κ2) is 5.83. The summed E-state index contributed by atoms with van der Waals surface area (Å²) in [5.41, 5.74) is 1.38. The number of rotatable bonds is 5. The van der Waals surface area contributed by atoms with Gasteiger partial charge in [0.15, 0.2) is 11.3 Å². The number of nitrogens with zero attached hydrogens (tertiary/aromatic N) is 5. The summed E-state index contributed by atoms with van der Waals surface area (Å²) in [6.07, 6.45) is 3.24. The van der Waals surface area contributed by atoms with Crippen molar-refractivity contribution >= 4 is 22.8 Å². The molecule has 2 N–H and O–H groups in total. The summed E-state index contributed by atoms with van der Waals surface area (Å²) in [6.45, 7) is 2.42.